The fourth-order valence-corrected chi connectivity index (χ4v) is 2.84. The van der Waals surface area contributed by atoms with Gasteiger partial charge in [-0.3, -0.25) is 14.6 Å². The van der Waals surface area contributed by atoms with Gasteiger partial charge >= 0.3 is 7.12 Å². The lowest BCUT2D eigenvalue weighted by atomic mass is 9.76. The zero-order chi connectivity index (χ0) is 19.4. The smallest absolute Gasteiger partial charge is 0.495 e. The van der Waals surface area contributed by atoms with Gasteiger partial charge in [0.05, 0.1) is 17.9 Å². The summed E-state index contributed by atoms with van der Waals surface area (Å²) < 4.78 is 10.9. The van der Waals surface area contributed by atoms with E-state index in [-0.39, 0.29) is 6.04 Å². The van der Waals surface area contributed by atoms with Gasteiger partial charge in [-0.05, 0) is 18.1 Å². The van der Waals surface area contributed by atoms with Crippen molar-refractivity contribution in [1.29, 1.82) is 0 Å². The molecule has 1 saturated heterocycles. The predicted molar refractivity (Wildman–Crippen MR) is 105 cm³/mol. The van der Waals surface area contributed by atoms with Gasteiger partial charge in [0.25, 0.3) is 11.9 Å². The van der Waals surface area contributed by atoms with Gasteiger partial charge in [0.2, 0.25) is 0 Å². The summed E-state index contributed by atoms with van der Waals surface area (Å²) in [6.07, 6.45) is 1.73. The molecule has 27 heavy (non-hydrogen) atoms. The third-order valence-corrected chi connectivity index (χ3v) is 4.91. The second-order valence-electron chi connectivity index (χ2n) is 6.78. The minimum atomic E-state index is -1.06. The molecule has 1 heterocycles. The van der Waals surface area contributed by atoms with E-state index >= 15 is 0 Å². The molecule has 0 aromatic heterocycles. The van der Waals surface area contributed by atoms with E-state index in [1.54, 1.807) is 26.1 Å². The van der Waals surface area contributed by atoms with Crippen LogP contribution in [0.2, 0.25) is 0 Å². The van der Waals surface area contributed by atoms with E-state index in [9.17, 15) is 9.59 Å². The first-order chi connectivity index (χ1) is 13.0. The van der Waals surface area contributed by atoms with Crippen molar-refractivity contribution < 1.29 is 18.9 Å². The van der Waals surface area contributed by atoms with Crippen molar-refractivity contribution in [2.24, 2.45) is 16.8 Å². The van der Waals surface area contributed by atoms with Gasteiger partial charge in [0, 0.05) is 11.7 Å². The molecule has 1 aliphatic heterocycles. The minimum absolute atomic E-state index is 0.0291. The van der Waals surface area contributed by atoms with Crippen LogP contribution in [0.3, 0.4) is 0 Å². The molecule has 0 amide bonds. The van der Waals surface area contributed by atoms with E-state index in [1.807, 2.05) is 55.5 Å². The Kier molecular flexibility index (Phi) is 5.74. The molecule has 5 nitrogen and oxygen atoms in total. The van der Waals surface area contributed by atoms with Gasteiger partial charge in [0.15, 0.2) is 0 Å². The number of benzene rings is 2. The molecule has 0 saturated carbocycles. The molecule has 0 unspecified atom stereocenters. The lowest BCUT2D eigenvalue weighted by molar-refractivity contribution is -0.143. The van der Waals surface area contributed by atoms with Crippen molar-refractivity contribution in [2.45, 2.75) is 26.8 Å². The Morgan fingerprint density at radius 2 is 1.48 bits per heavy atom. The molecule has 3 rings (SSSR count). The maximum atomic E-state index is 12.2. The minimum Gasteiger partial charge on any atom is -0.495 e. The molecule has 2 aromatic carbocycles. The van der Waals surface area contributed by atoms with E-state index in [2.05, 4.69) is 4.99 Å². The SMILES string of the molecule is C[C@@H]1C(=O)OB(c2ccccc2C=N[C@H](C)c2ccccc2)OC(=O)[C@@H]1C. The Morgan fingerprint density at radius 3 is 2.11 bits per heavy atom. The van der Waals surface area contributed by atoms with Crippen LogP contribution in [-0.4, -0.2) is 25.3 Å². The Balaban J connectivity index is 1.86. The predicted octanol–water partition coefficient (Wildman–Crippen LogP) is 2.93. The zero-order valence-corrected chi connectivity index (χ0v) is 15.7. The van der Waals surface area contributed by atoms with Crippen molar-refractivity contribution in [3.8, 4) is 0 Å². The first-order valence-corrected chi connectivity index (χ1v) is 9.05. The Morgan fingerprint density at radius 1 is 0.926 bits per heavy atom. The molecule has 2 aromatic rings. The number of carbonyl (C=O) groups is 2. The molecule has 1 aliphatic rings. The molecule has 0 bridgehead atoms. The molecule has 3 atom stereocenters. The molecule has 0 spiro atoms. The molecule has 138 valence electrons. The van der Waals surface area contributed by atoms with E-state index < -0.39 is 30.9 Å². The molecule has 6 heteroatoms. The highest BCUT2D eigenvalue weighted by Gasteiger charge is 2.41. The second-order valence-corrected chi connectivity index (χ2v) is 6.78. The molecule has 0 aliphatic carbocycles. The molecule has 0 N–H and O–H groups in total. The van der Waals surface area contributed by atoms with Crippen LogP contribution in [0.25, 0.3) is 0 Å². The third kappa shape index (κ3) is 4.27. The Hall–Kier alpha value is -2.89. The molecular weight excluding hydrogens is 341 g/mol. The first kappa shape index (κ1) is 18.9. The lowest BCUT2D eigenvalue weighted by Crippen LogP contribution is -2.41. The van der Waals surface area contributed by atoms with E-state index in [0.29, 0.717) is 5.46 Å². The summed E-state index contributed by atoms with van der Waals surface area (Å²) in [5.74, 6) is -1.96. The monoisotopic (exact) mass is 363 g/mol. The van der Waals surface area contributed by atoms with Gasteiger partial charge < -0.3 is 9.31 Å². The number of rotatable bonds is 4. The standard InChI is InChI=1S/C21H22BNO4/c1-14-15(2)21(25)27-22(26-20(14)24)19-12-8-7-11-18(19)13-23-16(3)17-9-5-4-6-10-17/h4-16H,1-3H3/t14-,15+,16-/m1/s1. The second kappa shape index (κ2) is 8.21. The van der Waals surface area contributed by atoms with Gasteiger partial charge in [0.1, 0.15) is 0 Å². The van der Waals surface area contributed by atoms with Crippen molar-refractivity contribution in [3.05, 3.63) is 65.7 Å². The normalized spacial score (nSPS) is 21.5. The highest BCUT2D eigenvalue weighted by molar-refractivity contribution is 6.65. The van der Waals surface area contributed by atoms with Crippen LogP contribution in [-0.2, 0) is 18.9 Å². The fraction of sp³-hybridized carbons (Fsp3) is 0.286. The summed E-state index contributed by atoms with van der Waals surface area (Å²) in [4.78, 5) is 29.1. The summed E-state index contributed by atoms with van der Waals surface area (Å²) in [5.41, 5.74) is 2.44. The maximum Gasteiger partial charge on any atom is 0.637 e. The topological polar surface area (TPSA) is 65.0 Å². The fourth-order valence-electron chi connectivity index (χ4n) is 2.84. The maximum absolute atomic E-state index is 12.2. The summed E-state index contributed by atoms with van der Waals surface area (Å²) in [5, 5.41) is 0. The highest BCUT2D eigenvalue weighted by atomic mass is 16.6. The Labute approximate surface area is 159 Å². The van der Waals surface area contributed by atoms with Crippen LogP contribution in [0.1, 0.15) is 37.9 Å². The van der Waals surface area contributed by atoms with Crippen LogP contribution in [0, 0.1) is 11.8 Å². The summed E-state index contributed by atoms with van der Waals surface area (Å²) >= 11 is 0. The molecule has 1 fully saturated rings. The summed E-state index contributed by atoms with van der Waals surface area (Å²) in [7, 11) is -1.06. The van der Waals surface area contributed by atoms with Crippen LogP contribution in [0.5, 0.6) is 0 Å². The van der Waals surface area contributed by atoms with Crippen LogP contribution >= 0.6 is 0 Å². The Bertz CT molecular complexity index is 830. The highest BCUT2D eigenvalue weighted by Crippen LogP contribution is 2.20. The zero-order valence-electron chi connectivity index (χ0n) is 15.7. The van der Waals surface area contributed by atoms with Crippen molar-refractivity contribution in [1.82, 2.24) is 0 Å². The number of nitrogens with zero attached hydrogens (tertiary/aromatic N) is 1. The number of hydrogen-bond acceptors (Lipinski definition) is 5. The van der Waals surface area contributed by atoms with Crippen molar-refractivity contribution in [2.75, 3.05) is 0 Å². The molecular formula is C21H22BNO4. The van der Waals surface area contributed by atoms with E-state index in [4.69, 9.17) is 9.31 Å². The van der Waals surface area contributed by atoms with Crippen LogP contribution in [0.4, 0.5) is 0 Å². The lowest BCUT2D eigenvalue weighted by Gasteiger charge is -2.13. The first-order valence-electron chi connectivity index (χ1n) is 9.05. The van der Waals surface area contributed by atoms with Crippen molar-refractivity contribution >= 4 is 30.7 Å². The van der Waals surface area contributed by atoms with Gasteiger partial charge in [-0.2, -0.15) is 0 Å². The largest absolute Gasteiger partial charge is 0.637 e. The van der Waals surface area contributed by atoms with E-state index in [1.165, 1.54) is 0 Å². The number of aliphatic imine (C=N–C) groups is 1. The average molecular weight is 363 g/mol. The van der Waals surface area contributed by atoms with E-state index in [0.717, 1.165) is 11.1 Å². The average Bonchev–Trinajstić information content (AvgIpc) is 2.79. The van der Waals surface area contributed by atoms with Crippen molar-refractivity contribution in [3.63, 3.8) is 0 Å². The number of hydrogen-bond donors (Lipinski definition) is 0. The van der Waals surface area contributed by atoms with Gasteiger partial charge in [-0.1, -0.05) is 68.4 Å². The molecule has 0 radical (unpaired) electrons. The van der Waals surface area contributed by atoms with Crippen LogP contribution < -0.4 is 5.46 Å². The summed E-state index contributed by atoms with van der Waals surface area (Å²) in [6, 6.07) is 17.2. The quantitative estimate of drug-likeness (QED) is 0.619. The van der Waals surface area contributed by atoms with Gasteiger partial charge in [-0.15, -0.1) is 0 Å². The third-order valence-electron chi connectivity index (χ3n) is 4.91. The number of carbonyl (C=O) groups excluding carboxylic acids is 2. The van der Waals surface area contributed by atoms with Gasteiger partial charge in [-0.25, -0.2) is 0 Å². The van der Waals surface area contributed by atoms with Crippen LogP contribution in [0.15, 0.2) is 59.6 Å². The summed E-state index contributed by atoms with van der Waals surface area (Å²) in [6.45, 7) is 5.35.